The Balaban J connectivity index is 1.74. The van der Waals surface area contributed by atoms with Crippen LogP contribution in [-0.4, -0.2) is 30.9 Å². The molecule has 164 valence electrons. The normalized spacial score (nSPS) is 22.1. The lowest BCUT2D eigenvalue weighted by atomic mass is 9.85. The molecule has 5 heteroatoms. The maximum atomic E-state index is 12.6. The highest BCUT2D eigenvalue weighted by Gasteiger charge is 2.35. The second kappa shape index (κ2) is 10.1. The van der Waals surface area contributed by atoms with Crippen LogP contribution < -0.4 is 10.1 Å². The summed E-state index contributed by atoms with van der Waals surface area (Å²) >= 11 is 0. The molecule has 0 bridgehead atoms. The lowest BCUT2D eigenvalue weighted by Gasteiger charge is -2.31. The number of ether oxygens (including phenoxy) is 3. The number of carbonyl (C=O) groups is 1. The van der Waals surface area contributed by atoms with Crippen molar-refractivity contribution in [3.05, 3.63) is 53.8 Å². The van der Waals surface area contributed by atoms with E-state index in [-0.39, 0.29) is 18.1 Å². The van der Waals surface area contributed by atoms with Crippen molar-refractivity contribution in [3.8, 4) is 5.75 Å². The number of carbonyl (C=O) groups excluding carboxylic acids is 1. The topological polar surface area (TPSA) is 56.8 Å². The fourth-order valence-electron chi connectivity index (χ4n) is 4.14. The fraction of sp³-hybridized carbons (Fsp3) is 0.560. The summed E-state index contributed by atoms with van der Waals surface area (Å²) in [5.74, 6) is 1.06. The van der Waals surface area contributed by atoms with E-state index in [1.807, 2.05) is 45.0 Å². The fourth-order valence-corrected chi connectivity index (χ4v) is 4.14. The Labute approximate surface area is 180 Å². The minimum absolute atomic E-state index is 0.123. The van der Waals surface area contributed by atoms with E-state index in [2.05, 4.69) is 17.5 Å². The molecule has 30 heavy (non-hydrogen) atoms. The molecule has 0 fully saturated rings. The van der Waals surface area contributed by atoms with Gasteiger partial charge in [-0.1, -0.05) is 23.8 Å². The second-order valence-corrected chi connectivity index (χ2v) is 9.21. The number of rotatable bonds is 7. The molecule has 0 radical (unpaired) electrons. The number of hydrogen-bond donors (Lipinski definition) is 1. The van der Waals surface area contributed by atoms with E-state index in [1.54, 1.807) is 13.4 Å². The molecular formula is C25H35NO4. The van der Waals surface area contributed by atoms with Crippen molar-refractivity contribution in [1.29, 1.82) is 0 Å². The average Bonchev–Trinajstić information content (AvgIpc) is 3.15. The number of benzene rings is 1. The molecule has 1 N–H and O–H groups in total. The van der Waals surface area contributed by atoms with Crippen LogP contribution in [0.1, 0.15) is 58.4 Å². The van der Waals surface area contributed by atoms with E-state index in [0.29, 0.717) is 6.42 Å². The zero-order valence-corrected chi connectivity index (χ0v) is 18.6. The van der Waals surface area contributed by atoms with Crippen molar-refractivity contribution >= 4 is 6.09 Å². The number of amides is 1. The SMILES string of the molecule is COc1ccc(C[C@H](NC(=O)OC(C)(C)C)[C@H]2OC=C[C@H]2CC2=CCCCC2)cc1. The van der Waals surface area contributed by atoms with Crippen molar-refractivity contribution in [3.63, 3.8) is 0 Å². The smallest absolute Gasteiger partial charge is 0.408 e. The van der Waals surface area contributed by atoms with Gasteiger partial charge in [0, 0.05) is 5.92 Å². The van der Waals surface area contributed by atoms with Gasteiger partial charge in [-0.2, -0.15) is 0 Å². The average molecular weight is 414 g/mol. The molecule has 0 saturated heterocycles. The lowest BCUT2D eigenvalue weighted by Crippen LogP contribution is -2.48. The Morgan fingerprint density at radius 3 is 2.63 bits per heavy atom. The summed E-state index contributed by atoms with van der Waals surface area (Å²) in [7, 11) is 1.66. The molecule has 2 aliphatic rings. The van der Waals surface area contributed by atoms with Crippen LogP contribution in [-0.2, 0) is 15.9 Å². The van der Waals surface area contributed by atoms with Gasteiger partial charge in [0.1, 0.15) is 17.5 Å². The zero-order valence-electron chi connectivity index (χ0n) is 18.6. The van der Waals surface area contributed by atoms with Crippen molar-refractivity contribution in [1.82, 2.24) is 5.32 Å². The highest BCUT2D eigenvalue weighted by atomic mass is 16.6. The van der Waals surface area contributed by atoms with Crippen molar-refractivity contribution in [2.75, 3.05) is 7.11 Å². The maximum absolute atomic E-state index is 12.6. The van der Waals surface area contributed by atoms with Gasteiger partial charge >= 0.3 is 6.09 Å². The Morgan fingerprint density at radius 1 is 1.23 bits per heavy atom. The largest absolute Gasteiger partial charge is 0.497 e. The third kappa shape index (κ3) is 6.54. The van der Waals surface area contributed by atoms with Gasteiger partial charge in [-0.3, -0.25) is 0 Å². The lowest BCUT2D eigenvalue weighted by molar-refractivity contribution is 0.0382. The number of allylic oxidation sites excluding steroid dienone is 2. The molecule has 0 saturated carbocycles. The van der Waals surface area contributed by atoms with E-state index in [4.69, 9.17) is 14.2 Å². The molecule has 0 unspecified atom stereocenters. The van der Waals surface area contributed by atoms with Gasteiger partial charge in [0.15, 0.2) is 0 Å². The minimum atomic E-state index is -0.546. The number of alkyl carbamates (subject to hydrolysis) is 1. The van der Waals surface area contributed by atoms with Crippen LogP contribution in [0.3, 0.4) is 0 Å². The van der Waals surface area contributed by atoms with E-state index < -0.39 is 11.7 Å². The molecule has 0 spiro atoms. The Hall–Kier alpha value is -2.43. The van der Waals surface area contributed by atoms with E-state index in [1.165, 1.54) is 31.3 Å². The Morgan fingerprint density at radius 2 is 2.00 bits per heavy atom. The summed E-state index contributed by atoms with van der Waals surface area (Å²) < 4.78 is 16.8. The van der Waals surface area contributed by atoms with Crippen LogP contribution in [0.25, 0.3) is 0 Å². The van der Waals surface area contributed by atoms with Crippen molar-refractivity contribution in [2.24, 2.45) is 5.92 Å². The van der Waals surface area contributed by atoms with Crippen LogP contribution in [0, 0.1) is 5.92 Å². The number of hydrogen-bond acceptors (Lipinski definition) is 4. The van der Waals surface area contributed by atoms with Gasteiger partial charge in [0.25, 0.3) is 0 Å². The van der Waals surface area contributed by atoms with Gasteiger partial charge < -0.3 is 19.5 Å². The van der Waals surface area contributed by atoms with E-state index in [0.717, 1.165) is 17.7 Å². The van der Waals surface area contributed by atoms with Gasteiger partial charge in [-0.05, 0) is 83.1 Å². The number of methoxy groups -OCH3 is 1. The first-order valence-electron chi connectivity index (χ1n) is 11.0. The molecule has 1 aliphatic heterocycles. The summed E-state index contributed by atoms with van der Waals surface area (Å²) in [5.41, 5.74) is 2.07. The van der Waals surface area contributed by atoms with Crippen LogP contribution in [0.4, 0.5) is 4.79 Å². The van der Waals surface area contributed by atoms with Crippen LogP contribution >= 0.6 is 0 Å². The quantitative estimate of drug-likeness (QED) is 0.596. The van der Waals surface area contributed by atoms with Gasteiger partial charge in [0.05, 0.1) is 19.4 Å². The molecule has 1 aliphatic carbocycles. The van der Waals surface area contributed by atoms with Gasteiger partial charge in [-0.25, -0.2) is 4.79 Å². The van der Waals surface area contributed by atoms with Gasteiger partial charge in [0.2, 0.25) is 0 Å². The molecule has 1 amide bonds. The van der Waals surface area contributed by atoms with Crippen molar-refractivity contribution < 1.29 is 19.0 Å². The van der Waals surface area contributed by atoms with Crippen LogP contribution in [0.5, 0.6) is 5.75 Å². The maximum Gasteiger partial charge on any atom is 0.408 e. The van der Waals surface area contributed by atoms with Crippen molar-refractivity contribution in [2.45, 2.75) is 77.0 Å². The molecule has 1 aromatic rings. The summed E-state index contributed by atoms with van der Waals surface area (Å²) in [6, 6.07) is 7.75. The Kier molecular flexibility index (Phi) is 7.46. The second-order valence-electron chi connectivity index (χ2n) is 9.21. The first-order valence-corrected chi connectivity index (χ1v) is 11.0. The molecular weight excluding hydrogens is 378 g/mol. The highest BCUT2D eigenvalue weighted by molar-refractivity contribution is 5.68. The Bertz CT molecular complexity index is 760. The molecule has 3 atom stereocenters. The standard InChI is InChI=1S/C25H35NO4/c1-25(2,3)30-24(27)26-22(17-19-10-12-21(28-4)13-11-19)23-20(14-15-29-23)16-18-8-6-5-7-9-18/h8,10-15,20,22-23H,5-7,9,16-17H2,1-4H3,(H,26,27)/t20-,22-,23-/m0/s1. The molecule has 1 aromatic carbocycles. The third-order valence-electron chi connectivity index (χ3n) is 5.58. The first kappa shape index (κ1) is 22.3. The summed E-state index contributed by atoms with van der Waals surface area (Å²) in [4.78, 5) is 12.6. The summed E-state index contributed by atoms with van der Waals surface area (Å²) in [6.45, 7) is 5.62. The minimum Gasteiger partial charge on any atom is -0.497 e. The monoisotopic (exact) mass is 413 g/mol. The van der Waals surface area contributed by atoms with Gasteiger partial charge in [-0.15, -0.1) is 0 Å². The summed E-state index contributed by atoms with van der Waals surface area (Å²) in [6.07, 6.45) is 12.3. The highest BCUT2D eigenvalue weighted by Crippen LogP contribution is 2.32. The van der Waals surface area contributed by atoms with E-state index >= 15 is 0 Å². The molecule has 0 aromatic heterocycles. The third-order valence-corrected chi connectivity index (χ3v) is 5.58. The van der Waals surface area contributed by atoms with Crippen LogP contribution in [0.15, 0.2) is 48.3 Å². The van der Waals surface area contributed by atoms with E-state index in [9.17, 15) is 4.79 Å². The zero-order chi connectivity index (χ0) is 21.6. The predicted octanol–water partition coefficient (Wildman–Crippen LogP) is 5.55. The predicted molar refractivity (Wildman–Crippen MR) is 119 cm³/mol. The van der Waals surface area contributed by atoms with Crippen LogP contribution in [0.2, 0.25) is 0 Å². The molecule has 1 heterocycles. The summed E-state index contributed by atoms with van der Waals surface area (Å²) in [5, 5.41) is 3.08. The number of nitrogens with one attached hydrogen (secondary N) is 1. The molecule has 3 rings (SSSR count). The first-order chi connectivity index (χ1) is 14.3. The molecule has 5 nitrogen and oxygen atoms in total.